The molecule has 0 aliphatic heterocycles. The molecule has 4 nitrogen and oxygen atoms in total. The summed E-state index contributed by atoms with van der Waals surface area (Å²) in [5, 5.41) is 14.9. The van der Waals surface area contributed by atoms with E-state index in [0.29, 0.717) is 12.5 Å². The van der Waals surface area contributed by atoms with E-state index in [2.05, 4.69) is 38.3 Å². The molecule has 0 aromatic rings. The van der Waals surface area contributed by atoms with Crippen LogP contribution in [-0.2, 0) is 4.79 Å². The van der Waals surface area contributed by atoms with Crippen LogP contribution in [0.25, 0.3) is 0 Å². The first-order chi connectivity index (χ1) is 7.87. The molecule has 17 heavy (non-hydrogen) atoms. The summed E-state index contributed by atoms with van der Waals surface area (Å²) >= 11 is 0. The molecule has 0 bridgehead atoms. The molecular formula is C13H28N2O2. The zero-order valence-electron chi connectivity index (χ0n) is 11.7. The summed E-state index contributed by atoms with van der Waals surface area (Å²) in [5.41, 5.74) is 0.0347. The highest BCUT2D eigenvalue weighted by molar-refractivity contribution is 5.77. The van der Waals surface area contributed by atoms with Crippen molar-refractivity contribution < 1.29 is 9.90 Å². The largest absolute Gasteiger partial charge is 0.396 e. The molecule has 1 amide bonds. The zero-order valence-corrected chi connectivity index (χ0v) is 11.7. The Kier molecular flexibility index (Phi) is 8.17. The lowest BCUT2D eigenvalue weighted by atomic mass is 9.90. The average Bonchev–Trinajstić information content (AvgIpc) is 2.16. The van der Waals surface area contributed by atoms with Gasteiger partial charge in [-0.15, -0.1) is 0 Å². The minimum atomic E-state index is 0.0347. The molecule has 0 rings (SSSR count). The summed E-state index contributed by atoms with van der Waals surface area (Å²) in [7, 11) is 0. The molecule has 0 aromatic heterocycles. The van der Waals surface area contributed by atoms with E-state index < -0.39 is 0 Å². The van der Waals surface area contributed by atoms with E-state index in [9.17, 15) is 4.79 Å². The van der Waals surface area contributed by atoms with Gasteiger partial charge >= 0.3 is 0 Å². The monoisotopic (exact) mass is 244 g/mol. The third kappa shape index (κ3) is 10.3. The van der Waals surface area contributed by atoms with Crippen LogP contribution in [0, 0.1) is 11.3 Å². The summed E-state index contributed by atoms with van der Waals surface area (Å²) in [6.45, 7) is 10.5. The van der Waals surface area contributed by atoms with E-state index in [0.717, 1.165) is 25.9 Å². The fourth-order valence-electron chi connectivity index (χ4n) is 1.47. The Labute approximate surface area is 105 Å². The van der Waals surface area contributed by atoms with Gasteiger partial charge in [-0.05, 0) is 24.2 Å². The highest BCUT2D eigenvalue weighted by atomic mass is 16.3. The maximum Gasteiger partial charge on any atom is 0.233 e. The van der Waals surface area contributed by atoms with Crippen LogP contribution in [0.1, 0.15) is 40.5 Å². The van der Waals surface area contributed by atoms with Crippen LogP contribution in [-0.4, -0.2) is 37.3 Å². The molecule has 4 heteroatoms. The lowest BCUT2D eigenvalue weighted by molar-refractivity contribution is -0.120. The van der Waals surface area contributed by atoms with Gasteiger partial charge in [-0.3, -0.25) is 4.79 Å². The Morgan fingerprint density at radius 2 is 2.00 bits per heavy atom. The number of aliphatic hydroxyl groups is 1. The number of rotatable bonds is 9. The Morgan fingerprint density at radius 3 is 2.53 bits per heavy atom. The SMILES string of the molecule is CC(C)CCNC(=O)CNCC(C)(C)CCO. The van der Waals surface area contributed by atoms with E-state index in [1.54, 1.807) is 0 Å². The number of carbonyl (C=O) groups excluding carboxylic acids is 1. The fourth-order valence-corrected chi connectivity index (χ4v) is 1.47. The predicted molar refractivity (Wildman–Crippen MR) is 70.8 cm³/mol. The van der Waals surface area contributed by atoms with E-state index in [4.69, 9.17) is 5.11 Å². The number of hydrogen-bond acceptors (Lipinski definition) is 3. The molecule has 0 unspecified atom stereocenters. The summed E-state index contributed by atoms with van der Waals surface area (Å²) in [4.78, 5) is 11.4. The number of hydrogen-bond donors (Lipinski definition) is 3. The molecule has 0 saturated heterocycles. The van der Waals surface area contributed by atoms with Crippen molar-refractivity contribution in [1.29, 1.82) is 0 Å². The number of carbonyl (C=O) groups is 1. The number of nitrogens with one attached hydrogen (secondary N) is 2. The first kappa shape index (κ1) is 16.4. The first-order valence-electron chi connectivity index (χ1n) is 6.45. The minimum Gasteiger partial charge on any atom is -0.396 e. The van der Waals surface area contributed by atoms with Crippen LogP contribution >= 0.6 is 0 Å². The standard InChI is InChI=1S/C13H28N2O2/c1-11(2)5-7-15-12(17)9-14-10-13(3,4)6-8-16/h11,14,16H,5-10H2,1-4H3,(H,15,17). The van der Waals surface area contributed by atoms with Gasteiger partial charge in [0.15, 0.2) is 0 Å². The molecule has 0 radical (unpaired) electrons. The van der Waals surface area contributed by atoms with E-state index in [1.807, 2.05) is 0 Å². The third-order valence-corrected chi connectivity index (χ3v) is 2.72. The normalized spacial score (nSPS) is 11.9. The number of amides is 1. The molecule has 3 N–H and O–H groups in total. The Morgan fingerprint density at radius 1 is 1.35 bits per heavy atom. The van der Waals surface area contributed by atoms with Crippen molar-refractivity contribution >= 4 is 5.91 Å². The van der Waals surface area contributed by atoms with Crippen molar-refractivity contribution in [3.05, 3.63) is 0 Å². The topological polar surface area (TPSA) is 61.4 Å². The summed E-state index contributed by atoms with van der Waals surface area (Å²) in [6.07, 6.45) is 1.76. The Hall–Kier alpha value is -0.610. The maximum atomic E-state index is 11.4. The molecule has 0 spiro atoms. The molecule has 0 atom stereocenters. The quantitative estimate of drug-likeness (QED) is 0.570. The Balaban J connectivity index is 3.57. The third-order valence-electron chi connectivity index (χ3n) is 2.72. The fraction of sp³-hybridized carbons (Fsp3) is 0.923. The van der Waals surface area contributed by atoms with Crippen molar-refractivity contribution in [3.8, 4) is 0 Å². The van der Waals surface area contributed by atoms with Gasteiger partial charge in [-0.1, -0.05) is 27.7 Å². The predicted octanol–water partition coefficient (Wildman–Crippen LogP) is 1.15. The molecule has 0 aliphatic rings. The zero-order chi connectivity index (χ0) is 13.3. The van der Waals surface area contributed by atoms with Crippen molar-refractivity contribution in [2.24, 2.45) is 11.3 Å². The van der Waals surface area contributed by atoms with Crippen molar-refractivity contribution in [2.45, 2.75) is 40.5 Å². The van der Waals surface area contributed by atoms with Crippen molar-refractivity contribution in [2.75, 3.05) is 26.2 Å². The van der Waals surface area contributed by atoms with Crippen LogP contribution in [0.3, 0.4) is 0 Å². The second-order valence-electron chi connectivity index (χ2n) is 5.77. The van der Waals surface area contributed by atoms with Gasteiger partial charge in [0, 0.05) is 19.7 Å². The molecule has 0 heterocycles. The van der Waals surface area contributed by atoms with Gasteiger partial charge in [0.05, 0.1) is 6.54 Å². The second kappa shape index (κ2) is 8.48. The average molecular weight is 244 g/mol. The summed E-state index contributed by atoms with van der Waals surface area (Å²) in [6, 6.07) is 0. The van der Waals surface area contributed by atoms with Crippen LogP contribution in [0.2, 0.25) is 0 Å². The molecule has 0 fully saturated rings. The maximum absolute atomic E-state index is 11.4. The van der Waals surface area contributed by atoms with Gasteiger partial charge in [0.25, 0.3) is 0 Å². The van der Waals surface area contributed by atoms with Gasteiger partial charge in [0.2, 0.25) is 5.91 Å². The molecule has 0 aromatic carbocycles. The lowest BCUT2D eigenvalue weighted by Crippen LogP contribution is -2.39. The van der Waals surface area contributed by atoms with E-state index in [1.165, 1.54) is 0 Å². The van der Waals surface area contributed by atoms with Crippen LogP contribution in [0.5, 0.6) is 0 Å². The van der Waals surface area contributed by atoms with E-state index in [-0.39, 0.29) is 17.9 Å². The van der Waals surface area contributed by atoms with Crippen LogP contribution < -0.4 is 10.6 Å². The molecule has 0 saturated carbocycles. The van der Waals surface area contributed by atoms with Crippen molar-refractivity contribution in [3.63, 3.8) is 0 Å². The number of aliphatic hydroxyl groups excluding tert-OH is 1. The van der Waals surface area contributed by atoms with Gasteiger partial charge in [-0.25, -0.2) is 0 Å². The highest BCUT2D eigenvalue weighted by Crippen LogP contribution is 2.17. The van der Waals surface area contributed by atoms with Crippen molar-refractivity contribution in [1.82, 2.24) is 10.6 Å². The van der Waals surface area contributed by atoms with Gasteiger partial charge < -0.3 is 15.7 Å². The van der Waals surface area contributed by atoms with Crippen LogP contribution in [0.4, 0.5) is 0 Å². The molecule has 102 valence electrons. The molecular weight excluding hydrogens is 216 g/mol. The molecule has 0 aliphatic carbocycles. The van der Waals surface area contributed by atoms with Gasteiger partial charge in [0.1, 0.15) is 0 Å². The minimum absolute atomic E-state index is 0.0347. The Bertz CT molecular complexity index is 215. The highest BCUT2D eigenvalue weighted by Gasteiger charge is 2.16. The summed E-state index contributed by atoms with van der Waals surface area (Å²) < 4.78 is 0. The van der Waals surface area contributed by atoms with E-state index >= 15 is 0 Å². The smallest absolute Gasteiger partial charge is 0.233 e. The second-order valence-corrected chi connectivity index (χ2v) is 5.77. The first-order valence-corrected chi connectivity index (χ1v) is 6.45. The van der Waals surface area contributed by atoms with Crippen LogP contribution in [0.15, 0.2) is 0 Å². The van der Waals surface area contributed by atoms with Gasteiger partial charge in [-0.2, -0.15) is 0 Å². The lowest BCUT2D eigenvalue weighted by Gasteiger charge is -2.23. The summed E-state index contributed by atoms with van der Waals surface area (Å²) in [5.74, 6) is 0.664.